The molecule has 6 heteroatoms. The fraction of sp³-hybridized carbons (Fsp3) is 0.273. The van der Waals surface area contributed by atoms with Gasteiger partial charge in [0, 0.05) is 0 Å². The standard InChI is InChI=1S/C11H11N3O3/c15-10-7-8(17-14-10)11(16)13-9(12-7)6-4-2-1-3-5-6/h1-5,7-9,12H,(H,13,16)(H,14,15). The summed E-state index contributed by atoms with van der Waals surface area (Å²) in [6.07, 6.45) is -1.15. The Bertz CT molecular complexity index is 462. The quantitative estimate of drug-likeness (QED) is 0.593. The van der Waals surface area contributed by atoms with Crippen LogP contribution >= 0.6 is 0 Å². The van der Waals surface area contributed by atoms with Gasteiger partial charge in [0.1, 0.15) is 12.2 Å². The summed E-state index contributed by atoms with van der Waals surface area (Å²) in [6, 6.07) is 8.77. The van der Waals surface area contributed by atoms with Crippen molar-refractivity contribution in [2.24, 2.45) is 0 Å². The second kappa shape index (κ2) is 3.83. The van der Waals surface area contributed by atoms with E-state index in [0.717, 1.165) is 5.56 Å². The molecule has 3 atom stereocenters. The molecule has 3 N–H and O–H groups in total. The molecule has 0 aromatic heterocycles. The molecule has 0 saturated carbocycles. The van der Waals surface area contributed by atoms with Gasteiger partial charge in [-0.2, -0.15) is 0 Å². The number of rotatable bonds is 1. The minimum atomic E-state index is -0.789. The smallest absolute Gasteiger partial charge is 0.264 e. The highest BCUT2D eigenvalue weighted by atomic mass is 16.7. The lowest BCUT2D eigenvalue weighted by molar-refractivity contribution is -0.137. The molecule has 2 amide bonds. The molecule has 17 heavy (non-hydrogen) atoms. The van der Waals surface area contributed by atoms with Crippen LogP contribution in [0, 0.1) is 0 Å². The van der Waals surface area contributed by atoms with Gasteiger partial charge in [0.25, 0.3) is 11.8 Å². The summed E-state index contributed by atoms with van der Waals surface area (Å²) < 4.78 is 0. The highest BCUT2D eigenvalue weighted by Gasteiger charge is 2.46. The lowest BCUT2D eigenvalue weighted by Crippen LogP contribution is -2.59. The fourth-order valence-corrected chi connectivity index (χ4v) is 2.03. The second-order valence-corrected chi connectivity index (χ2v) is 4.00. The fourth-order valence-electron chi connectivity index (χ4n) is 2.03. The van der Waals surface area contributed by atoms with E-state index in [2.05, 4.69) is 16.1 Å². The first-order valence-electron chi connectivity index (χ1n) is 5.32. The summed E-state index contributed by atoms with van der Waals surface area (Å²) in [4.78, 5) is 28.1. The number of benzene rings is 1. The van der Waals surface area contributed by atoms with Gasteiger partial charge in [-0.05, 0) is 5.56 Å². The first kappa shape index (κ1) is 10.2. The lowest BCUT2D eigenvalue weighted by Gasteiger charge is -2.30. The lowest BCUT2D eigenvalue weighted by atomic mass is 10.0. The van der Waals surface area contributed by atoms with Crippen molar-refractivity contribution in [1.82, 2.24) is 16.1 Å². The molecule has 1 aromatic carbocycles. The third-order valence-electron chi connectivity index (χ3n) is 2.90. The number of nitrogens with one attached hydrogen (secondary N) is 3. The van der Waals surface area contributed by atoms with Crippen molar-refractivity contribution in [1.29, 1.82) is 0 Å². The van der Waals surface area contributed by atoms with Gasteiger partial charge < -0.3 is 5.32 Å². The second-order valence-electron chi connectivity index (χ2n) is 4.00. The average molecular weight is 233 g/mol. The average Bonchev–Trinajstić information content (AvgIpc) is 2.73. The highest BCUT2D eigenvalue weighted by molar-refractivity contribution is 5.94. The van der Waals surface area contributed by atoms with E-state index in [1.165, 1.54) is 0 Å². The predicted molar refractivity (Wildman–Crippen MR) is 57.3 cm³/mol. The van der Waals surface area contributed by atoms with Crippen LogP contribution in [0.2, 0.25) is 0 Å². The zero-order chi connectivity index (χ0) is 11.8. The highest BCUT2D eigenvalue weighted by Crippen LogP contribution is 2.19. The Hall–Kier alpha value is -1.92. The maximum absolute atomic E-state index is 11.7. The van der Waals surface area contributed by atoms with Crippen LogP contribution in [0.15, 0.2) is 30.3 Å². The first-order valence-corrected chi connectivity index (χ1v) is 5.32. The Morgan fingerprint density at radius 2 is 1.82 bits per heavy atom. The van der Waals surface area contributed by atoms with Gasteiger partial charge in [0.2, 0.25) is 0 Å². The third kappa shape index (κ3) is 1.67. The molecular weight excluding hydrogens is 222 g/mol. The van der Waals surface area contributed by atoms with Crippen molar-refractivity contribution in [3.8, 4) is 0 Å². The van der Waals surface area contributed by atoms with E-state index in [-0.39, 0.29) is 18.0 Å². The van der Waals surface area contributed by atoms with Crippen molar-refractivity contribution < 1.29 is 14.4 Å². The number of hydrogen-bond acceptors (Lipinski definition) is 4. The monoisotopic (exact) mass is 233 g/mol. The van der Waals surface area contributed by atoms with Gasteiger partial charge in [-0.3, -0.25) is 19.7 Å². The van der Waals surface area contributed by atoms with Gasteiger partial charge in [0.05, 0.1) is 0 Å². The van der Waals surface area contributed by atoms with Crippen LogP contribution in [-0.4, -0.2) is 24.0 Å². The number of amides is 2. The molecule has 0 aliphatic carbocycles. The molecule has 0 bridgehead atoms. The third-order valence-corrected chi connectivity index (χ3v) is 2.90. The normalized spacial score (nSPS) is 31.6. The minimum Gasteiger partial charge on any atom is -0.334 e. The zero-order valence-electron chi connectivity index (χ0n) is 8.84. The Balaban J connectivity index is 1.86. The molecule has 3 unspecified atom stereocenters. The summed E-state index contributed by atoms with van der Waals surface area (Å²) in [6.45, 7) is 0. The van der Waals surface area contributed by atoms with Crippen molar-refractivity contribution >= 4 is 11.8 Å². The van der Waals surface area contributed by atoms with E-state index in [1.807, 2.05) is 30.3 Å². The van der Waals surface area contributed by atoms with Crippen LogP contribution in [0.25, 0.3) is 0 Å². The molecule has 2 heterocycles. The van der Waals surface area contributed by atoms with E-state index < -0.39 is 12.1 Å². The van der Waals surface area contributed by atoms with Crippen LogP contribution in [0.3, 0.4) is 0 Å². The van der Waals surface area contributed by atoms with Crippen molar-refractivity contribution in [3.05, 3.63) is 35.9 Å². The Labute approximate surface area is 97.3 Å². The molecule has 3 rings (SSSR count). The van der Waals surface area contributed by atoms with Gasteiger partial charge in [0.15, 0.2) is 6.10 Å². The van der Waals surface area contributed by atoms with Gasteiger partial charge in [-0.15, -0.1) is 0 Å². The largest absolute Gasteiger partial charge is 0.334 e. The van der Waals surface area contributed by atoms with Crippen molar-refractivity contribution in [2.75, 3.05) is 0 Å². The molecule has 2 saturated heterocycles. The number of fused-ring (bicyclic) bond motifs is 1. The van der Waals surface area contributed by atoms with Gasteiger partial charge >= 0.3 is 0 Å². The summed E-state index contributed by atoms with van der Waals surface area (Å²) >= 11 is 0. The van der Waals surface area contributed by atoms with E-state index >= 15 is 0 Å². The zero-order valence-corrected chi connectivity index (χ0v) is 8.84. The summed E-state index contributed by atoms with van der Waals surface area (Å²) in [7, 11) is 0. The topological polar surface area (TPSA) is 79.5 Å². The van der Waals surface area contributed by atoms with Crippen LogP contribution in [0.1, 0.15) is 11.7 Å². The molecule has 88 valence electrons. The van der Waals surface area contributed by atoms with Gasteiger partial charge in [-0.1, -0.05) is 30.3 Å². The maximum atomic E-state index is 11.7. The van der Waals surface area contributed by atoms with E-state index in [4.69, 9.17) is 4.84 Å². The van der Waals surface area contributed by atoms with Crippen LogP contribution in [0.5, 0.6) is 0 Å². The van der Waals surface area contributed by atoms with Crippen LogP contribution < -0.4 is 16.1 Å². The molecular formula is C11H11N3O3. The Morgan fingerprint density at radius 1 is 1.06 bits per heavy atom. The minimum absolute atomic E-state index is 0.291. The van der Waals surface area contributed by atoms with Crippen LogP contribution in [-0.2, 0) is 14.4 Å². The van der Waals surface area contributed by atoms with E-state index in [1.54, 1.807) is 0 Å². The summed E-state index contributed by atoms with van der Waals surface area (Å²) in [5.41, 5.74) is 3.10. The first-order chi connectivity index (χ1) is 8.25. The molecule has 2 aliphatic heterocycles. The molecule has 0 spiro atoms. The Kier molecular flexibility index (Phi) is 2.31. The van der Waals surface area contributed by atoms with E-state index in [0.29, 0.717) is 0 Å². The molecule has 0 radical (unpaired) electrons. The number of carbonyl (C=O) groups is 2. The molecule has 2 fully saturated rings. The maximum Gasteiger partial charge on any atom is 0.264 e. The SMILES string of the molecule is O=C1NOC2C(=O)NC(c3ccccc3)NC12. The number of hydrogen-bond donors (Lipinski definition) is 3. The van der Waals surface area contributed by atoms with Gasteiger partial charge in [-0.25, -0.2) is 5.48 Å². The summed E-state index contributed by atoms with van der Waals surface area (Å²) in [5, 5.41) is 5.80. The number of carbonyl (C=O) groups excluding carboxylic acids is 2. The number of hydroxylamine groups is 1. The predicted octanol–water partition coefficient (Wildman–Crippen LogP) is -0.797. The van der Waals surface area contributed by atoms with Crippen LogP contribution in [0.4, 0.5) is 0 Å². The molecule has 6 nitrogen and oxygen atoms in total. The van der Waals surface area contributed by atoms with E-state index in [9.17, 15) is 9.59 Å². The van der Waals surface area contributed by atoms with Crippen molar-refractivity contribution in [3.63, 3.8) is 0 Å². The molecule has 2 aliphatic rings. The molecule has 1 aromatic rings. The summed E-state index contributed by atoms with van der Waals surface area (Å²) in [5.74, 6) is -0.605. The Morgan fingerprint density at radius 3 is 2.59 bits per heavy atom. The van der Waals surface area contributed by atoms with Crippen molar-refractivity contribution in [2.45, 2.75) is 18.3 Å².